The minimum absolute atomic E-state index is 0.00104. The van der Waals surface area contributed by atoms with E-state index in [9.17, 15) is 14.7 Å². The number of hydrogen-bond donors (Lipinski definition) is 1. The summed E-state index contributed by atoms with van der Waals surface area (Å²) in [7, 11) is 0. The average molecular weight is 365 g/mol. The summed E-state index contributed by atoms with van der Waals surface area (Å²) in [5.74, 6) is -0.0363. The molecule has 140 valence electrons. The molecule has 1 aromatic heterocycles. The molecule has 2 aliphatic rings. The minimum atomic E-state index is -0.217. The van der Waals surface area contributed by atoms with Crippen molar-refractivity contribution in [3.8, 4) is 11.1 Å². The van der Waals surface area contributed by atoms with Crippen LogP contribution in [-0.4, -0.2) is 63.5 Å². The van der Waals surface area contributed by atoms with Crippen LogP contribution in [0.4, 0.5) is 0 Å². The van der Waals surface area contributed by atoms with E-state index in [2.05, 4.69) is 17.1 Å². The zero-order valence-corrected chi connectivity index (χ0v) is 15.3. The Kier molecular flexibility index (Phi) is 4.66. The molecule has 0 unspecified atom stereocenters. The number of hydrogen-bond acceptors (Lipinski definition) is 4. The summed E-state index contributed by atoms with van der Waals surface area (Å²) in [6.45, 7) is 2.39. The molecule has 2 aromatic rings. The van der Waals surface area contributed by atoms with E-state index < -0.39 is 0 Å². The molecule has 27 heavy (non-hydrogen) atoms. The van der Waals surface area contributed by atoms with Crippen LogP contribution in [0, 0.1) is 0 Å². The highest BCUT2D eigenvalue weighted by Gasteiger charge is 2.54. The first-order valence-electron chi connectivity index (χ1n) is 9.34. The highest BCUT2D eigenvalue weighted by Crippen LogP contribution is 2.43. The second kappa shape index (κ2) is 7.12. The van der Waals surface area contributed by atoms with E-state index in [1.54, 1.807) is 16.0 Å². The smallest absolute Gasteiger partial charge is 0.242 e. The molecule has 2 aliphatic heterocycles. The van der Waals surface area contributed by atoms with Gasteiger partial charge in [-0.1, -0.05) is 37.3 Å². The third-order valence-electron chi connectivity index (χ3n) is 5.70. The fourth-order valence-electron chi connectivity index (χ4n) is 4.34. The van der Waals surface area contributed by atoms with Crippen molar-refractivity contribution in [3.05, 3.63) is 54.4 Å². The number of nitrogens with zero attached hydrogens (tertiary/aromatic N) is 3. The lowest BCUT2D eigenvalue weighted by atomic mass is 9.73. The molecule has 0 spiro atoms. The highest BCUT2D eigenvalue weighted by molar-refractivity contribution is 5.87. The topological polar surface area (TPSA) is 73.7 Å². The third-order valence-corrected chi connectivity index (χ3v) is 5.70. The van der Waals surface area contributed by atoms with Gasteiger partial charge in [0.25, 0.3) is 0 Å². The van der Waals surface area contributed by atoms with E-state index in [-0.39, 0.29) is 43.0 Å². The van der Waals surface area contributed by atoms with E-state index in [1.165, 1.54) is 0 Å². The van der Waals surface area contributed by atoms with Crippen LogP contribution in [0.5, 0.6) is 0 Å². The Balaban J connectivity index is 1.58. The van der Waals surface area contributed by atoms with Crippen LogP contribution in [-0.2, 0) is 9.59 Å². The largest absolute Gasteiger partial charge is 0.394 e. The molecule has 2 amide bonds. The van der Waals surface area contributed by atoms with Gasteiger partial charge < -0.3 is 14.9 Å². The molecule has 6 nitrogen and oxygen atoms in total. The van der Waals surface area contributed by atoms with Gasteiger partial charge in [-0.2, -0.15) is 0 Å². The Morgan fingerprint density at radius 1 is 1.22 bits per heavy atom. The van der Waals surface area contributed by atoms with Gasteiger partial charge in [-0.3, -0.25) is 14.6 Å². The van der Waals surface area contributed by atoms with E-state index >= 15 is 0 Å². The summed E-state index contributed by atoms with van der Waals surface area (Å²) in [5, 5.41) is 9.85. The molecule has 3 heterocycles. The molecule has 0 radical (unpaired) electrons. The first kappa shape index (κ1) is 17.7. The van der Waals surface area contributed by atoms with Crippen LogP contribution in [0.15, 0.2) is 48.8 Å². The van der Waals surface area contributed by atoms with Gasteiger partial charge in [0.1, 0.15) is 0 Å². The SMILES string of the molecule is CCC(=O)N1CC(=O)N2[C@@H](CO)[C@H](c3ccc(-c4cccnc4)cc3)[C@@H]2C1. The fourth-order valence-corrected chi connectivity index (χ4v) is 4.34. The zero-order chi connectivity index (χ0) is 19.0. The van der Waals surface area contributed by atoms with Crippen molar-refractivity contribution in [2.75, 3.05) is 19.7 Å². The Hall–Kier alpha value is -2.73. The summed E-state index contributed by atoms with van der Waals surface area (Å²) in [6.07, 6.45) is 3.97. The standard InChI is InChI=1S/C21H23N3O3/c1-2-19(26)23-11-17-21(18(13-25)24(17)20(27)12-23)15-7-5-14(6-8-15)16-4-3-9-22-10-16/h3-10,17-18,21,25H,2,11-13H2,1H3/t17-,18-,21+/m0/s1. The second-order valence-electron chi connectivity index (χ2n) is 7.14. The first-order chi connectivity index (χ1) is 13.1. The Bertz CT molecular complexity index is 838. The molecule has 0 aliphatic carbocycles. The van der Waals surface area contributed by atoms with E-state index in [0.29, 0.717) is 13.0 Å². The van der Waals surface area contributed by atoms with Crippen molar-refractivity contribution < 1.29 is 14.7 Å². The summed E-state index contributed by atoms with van der Waals surface area (Å²) in [6, 6.07) is 11.8. The molecule has 2 fully saturated rings. The van der Waals surface area contributed by atoms with Gasteiger partial charge >= 0.3 is 0 Å². The fraction of sp³-hybridized carbons (Fsp3) is 0.381. The Morgan fingerprint density at radius 3 is 2.63 bits per heavy atom. The normalized spacial score (nSPS) is 24.4. The number of rotatable bonds is 4. The van der Waals surface area contributed by atoms with Crippen LogP contribution < -0.4 is 0 Å². The minimum Gasteiger partial charge on any atom is -0.394 e. The molecule has 1 aromatic carbocycles. The van der Waals surface area contributed by atoms with Crippen molar-refractivity contribution in [3.63, 3.8) is 0 Å². The van der Waals surface area contributed by atoms with Gasteiger partial charge in [0, 0.05) is 31.3 Å². The number of amides is 2. The predicted octanol–water partition coefficient (Wildman–Crippen LogP) is 1.66. The average Bonchev–Trinajstić information content (AvgIpc) is 2.70. The van der Waals surface area contributed by atoms with Crippen LogP contribution in [0.2, 0.25) is 0 Å². The highest BCUT2D eigenvalue weighted by atomic mass is 16.3. The van der Waals surface area contributed by atoms with Crippen molar-refractivity contribution in [1.29, 1.82) is 0 Å². The number of piperazine rings is 1. The molecule has 6 heteroatoms. The molecular formula is C21H23N3O3. The number of pyridine rings is 1. The Labute approximate surface area is 158 Å². The molecular weight excluding hydrogens is 342 g/mol. The maximum absolute atomic E-state index is 12.5. The van der Waals surface area contributed by atoms with E-state index in [0.717, 1.165) is 16.7 Å². The molecule has 0 saturated carbocycles. The van der Waals surface area contributed by atoms with Gasteiger partial charge in [-0.25, -0.2) is 0 Å². The lowest BCUT2D eigenvalue weighted by Crippen LogP contribution is -2.73. The van der Waals surface area contributed by atoms with Gasteiger partial charge in [0.05, 0.1) is 25.2 Å². The van der Waals surface area contributed by atoms with E-state index in [1.807, 2.05) is 37.4 Å². The number of fused-ring (bicyclic) bond motifs is 1. The van der Waals surface area contributed by atoms with Gasteiger partial charge in [-0.15, -0.1) is 0 Å². The molecule has 2 saturated heterocycles. The molecule has 4 rings (SSSR count). The number of aliphatic hydroxyl groups excluding tert-OH is 1. The quantitative estimate of drug-likeness (QED) is 0.894. The monoisotopic (exact) mass is 365 g/mol. The van der Waals surface area contributed by atoms with Crippen molar-refractivity contribution >= 4 is 11.8 Å². The summed E-state index contributed by atoms with van der Waals surface area (Å²) in [5.41, 5.74) is 3.21. The third kappa shape index (κ3) is 3.00. The molecule has 1 N–H and O–H groups in total. The molecule has 3 atom stereocenters. The van der Waals surface area contributed by atoms with Crippen molar-refractivity contribution in [1.82, 2.24) is 14.8 Å². The Morgan fingerprint density at radius 2 is 2.00 bits per heavy atom. The zero-order valence-electron chi connectivity index (χ0n) is 15.3. The van der Waals surface area contributed by atoms with Crippen LogP contribution in [0.25, 0.3) is 11.1 Å². The number of carbonyl (C=O) groups is 2. The number of aliphatic hydroxyl groups is 1. The van der Waals surface area contributed by atoms with Gasteiger partial charge in [0.15, 0.2) is 0 Å². The summed E-state index contributed by atoms with van der Waals surface area (Å²) >= 11 is 0. The predicted molar refractivity (Wildman–Crippen MR) is 101 cm³/mol. The first-order valence-corrected chi connectivity index (χ1v) is 9.34. The van der Waals surface area contributed by atoms with Crippen molar-refractivity contribution in [2.24, 2.45) is 0 Å². The maximum atomic E-state index is 12.5. The molecule has 0 bridgehead atoms. The van der Waals surface area contributed by atoms with Crippen LogP contribution >= 0.6 is 0 Å². The van der Waals surface area contributed by atoms with Crippen LogP contribution in [0.1, 0.15) is 24.8 Å². The lowest BCUT2D eigenvalue weighted by Gasteiger charge is -2.58. The van der Waals surface area contributed by atoms with Crippen molar-refractivity contribution in [2.45, 2.75) is 31.3 Å². The number of benzene rings is 1. The summed E-state index contributed by atoms with van der Waals surface area (Å²) < 4.78 is 0. The van der Waals surface area contributed by atoms with Crippen LogP contribution in [0.3, 0.4) is 0 Å². The number of carbonyl (C=O) groups excluding carboxylic acids is 2. The number of aromatic nitrogens is 1. The maximum Gasteiger partial charge on any atom is 0.242 e. The lowest BCUT2D eigenvalue weighted by molar-refractivity contribution is -0.166. The van der Waals surface area contributed by atoms with Gasteiger partial charge in [0.2, 0.25) is 11.8 Å². The van der Waals surface area contributed by atoms with E-state index in [4.69, 9.17) is 0 Å². The van der Waals surface area contributed by atoms with Gasteiger partial charge in [-0.05, 0) is 22.8 Å². The summed E-state index contributed by atoms with van der Waals surface area (Å²) in [4.78, 5) is 32.1. The second-order valence-corrected chi connectivity index (χ2v) is 7.14.